The summed E-state index contributed by atoms with van der Waals surface area (Å²) in [5.74, 6) is 0.431. The van der Waals surface area contributed by atoms with E-state index in [1.165, 1.54) is 53.4 Å². The van der Waals surface area contributed by atoms with E-state index in [-0.39, 0.29) is 35.6 Å². The second-order valence-electron chi connectivity index (χ2n) is 14.3. The van der Waals surface area contributed by atoms with E-state index in [1.807, 2.05) is 0 Å². The molecule has 0 N–H and O–H groups in total. The van der Waals surface area contributed by atoms with Gasteiger partial charge in [-0.1, -0.05) is 0 Å². The minimum absolute atomic E-state index is 0. The normalized spacial score (nSPS) is 20.4. The van der Waals surface area contributed by atoms with Crippen LogP contribution in [0.15, 0.2) is 85.0 Å². The number of rotatable bonds is 4. The average molecular weight is 675 g/mol. The molecule has 3 aromatic rings. The molecule has 4 aliphatic rings. The van der Waals surface area contributed by atoms with Crippen LogP contribution in [0, 0.1) is 5.92 Å². The molecule has 0 saturated carbocycles. The molecule has 4 aliphatic carbocycles. The Morgan fingerprint density at radius 1 is 0.857 bits per heavy atom. The molecule has 0 nitrogen and oxygen atoms in total. The van der Waals surface area contributed by atoms with Crippen molar-refractivity contribution in [2.75, 3.05) is 0 Å². The van der Waals surface area contributed by atoms with Crippen molar-refractivity contribution in [3.63, 3.8) is 0 Å². The van der Waals surface area contributed by atoms with Crippen molar-refractivity contribution >= 4 is 44.4 Å². The van der Waals surface area contributed by atoms with Crippen LogP contribution >= 0.6 is 24.8 Å². The molecule has 218 valence electrons. The van der Waals surface area contributed by atoms with E-state index in [0.29, 0.717) is 5.92 Å². The number of hydrogen-bond acceptors (Lipinski definition) is 0. The van der Waals surface area contributed by atoms with Gasteiger partial charge in [0.2, 0.25) is 0 Å². The fourth-order valence-electron chi connectivity index (χ4n) is 9.03. The predicted molar refractivity (Wildman–Crippen MR) is 187 cm³/mol. The van der Waals surface area contributed by atoms with Crippen LogP contribution in [0.5, 0.6) is 0 Å². The molecule has 0 saturated heterocycles. The third-order valence-corrected chi connectivity index (χ3v) is 29.3. The summed E-state index contributed by atoms with van der Waals surface area (Å²) in [6.07, 6.45) is 13.3. The van der Waals surface area contributed by atoms with E-state index in [2.05, 4.69) is 133 Å². The molecular formula is C39H44Cl2Zr. The fourth-order valence-corrected chi connectivity index (χ4v) is 26.4. The second kappa shape index (κ2) is 9.99. The monoisotopic (exact) mass is 672 g/mol. The van der Waals surface area contributed by atoms with Gasteiger partial charge in [-0.15, -0.1) is 24.8 Å². The summed E-state index contributed by atoms with van der Waals surface area (Å²) < 4.78 is 11.4. The summed E-state index contributed by atoms with van der Waals surface area (Å²) in [6, 6.07) is 21.5. The van der Waals surface area contributed by atoms with Gasteiger partial charge in [-0.3, -0.25) is 0 Å². The number of hydrogen-bond donors (Lipinski definition) is 0. The zero-order chi connectivity index (χ0) is 28.3. The summed E-state index contributed by atoms with van der Waals surface area (Å²) in [5, 5.41) is 0. The molecule has 1 atom stereocenters. The second-order valence-corrected chi connectivity index (χ2v) is 28.5. The number of benzene rings is 3. The van der Waals surface area contributed by atoms with E-state index in [0.717, 1.165) is 10.5 Å². The SMILES string of the molecule is Cl.Cl.[CH2]=[Zr]([CH2]C)([C]1=CC(C)=CC1C)([C]1=Cc2cc3c(cc2C1(C)C)Cc1cc2c(cc1-3)C=CC2(C)C)[c]1ccccc1. The van der Waals surface area contributed by atoms with E-state index in [9.17, 15) is 0 Å². The van der Waals surface area contributed by atoms with Gasteiger partial charge in [0.05, 0.1) is 0 Å². The van der Waals surface area contributed by atoms with Gasteiger partial charge in [0.1, 0.15) is 0 Å². The Morgan fingerprint density at radius 3 is 2.07 bits per heavy atom. The van der Waals surface area contributed by atoms with Crippen molar-refractivity contribution in [2.45, 2.75) is 69.8 Å². The van der Waals surface area contributed by atoms with E-state index >= 15 is 0 Å². The molecule has 0 bridgehead atoms. The van der Waals surface area contributed by atoms with Crippen molar-refractivity contribution in [1.82, 2.24) is 0 Å². The van der Waals surface area contributed by atoms with E-state index in [4.69, 9.17) is 4.21 Å². The van der Waals surface area contributed by atoms with Crippen LogP contribution in [0.1, 0.15) is 81.8 Å². The summed E-state index contributed by atoms with van der Waals surface area (Å²) >= 11 is -4.21. The summed E-state index contributed by atoms with van der Waals surface area (Å²) in [6.45, 7) is 16.7. The van der Waals surface area contributed by atoms with Crippen molar-refractivity contribution < 1.29 is 18.3 Å². The van der Waals surface area contributed by atoms with Gasteiger partial charge in [-0.05, 0) is 0 Å². The van der Waals surface area contributed by atoms with E-state index < -0.39 is 18.3 Å². The first-order valence-corrected chi connectivity index (χ1v) is 22.3. The molecule has 3 aromatic carbocycles. The Bertz CT molecular complexity index is 1830. The van der Waals surface area contributed by atoms with Gasteiger partial charge >= 0.3 is 243 Å². The Kier molecular flexibility index (Phi) is 7.46. The van der Waals surface area contributed by atoms with Crippen LogP contribution in [0.4, 0.5) is 0 Å². The first kappa shape index (κ1) is 31.4. The van der Waals surface area contributed by atoms with E-state index in [1.54, 1.807) is 6.56 Å². The summed E-state index contributed by atoms with van der Waals surface area (Å²) in [5.41, 5.74) is 13.1. The molecular weight excluding hydrogens is 631 g/mol. The molecule has 1 unspecified atom stereocenters. The minimum atomic E-state index is -4.21. The van der Waals surface area contributed by atoms with Gasteiger partial charge in [0, 0.05) is 0 Å². The van der Waals surface area contributed by atoms with Crippen LogP contribution < -0.4 is 3.27 Å². The Balaban J connectivity index is 0.00000176. The van der Waals surface area contributed by atoms with Crippen LogP contribution in [0.2, 0.25) is 4.13 Å². The van der Waals surface area contributed by atoms with Crippen molar-refractivity contribution in [3.05, 3.63) is 118 Å². The summed E-state index contributed by atoms with van der Waals surface area (Å²) in [4.78, 5) is 0. The van der Waals surface area contributed by atoms with Gasteiger partial charge in [-0.25, -0.2) is 0 Å². The van der Waals surface area contributed by atoms with Crippen molar-refractivity contribution in [3.8, 4) is 11.1 Å². The van der Waals surface area contributed by atoms with Gasteiger partial charge in [0.15, 0.2) is 0 Å². The maximum absolute atomic E-state index is 5.52. The quantitative estimate of drug-likeness (QED) is 0.202. The zero-order valence-electron chi connectivity index (χ0n) is 26.1. The molecule has 3 heteroatoms. The zero-order valence-corrected chi connectivity index (χ0v) is 30.2. The van der Waals surface area contributed by atoms with Crippen molar-refractivity contribution in [1.29, 1.82) is 0 Å². The molecule has 42 heavy (non-hydrogen) atoms. The Morgan fingerprint density at radius 2 is 1.48 bits per heavy atom. The fraction of sp³-hybridized carbons (Fsp3) is 0.308. The third-order valence-electron chi connectivity index (χ3n) is 11.2. The molecule has 0 fully saturated rings. The van der Waals surface area contributed by atoms with Gasteiger partial charge < -0.3 is 0 Å². The molecule has 7 rings (SSSR count). The van der Waals surface area contributed by atoms with Crippen LogP contribution in [0.3, 0.4) is 0 Å². The predicted octanol–water partition coefficient (Wildman–Crippen LogP) is 10.4. The molecule has 0 aliphatic heterocycles. The summed E-state index contributed by atoms with van der Waals surface area (Å²) in [7, 11) is 0. The van der Waals surface area contributed by atoms with Crippen LogP contribution in [-0.4, -0.2) is 4.21 Å². The first-order chi connectivity index (χ1) is 18.9. The molecule has 0 amide bonds. The topological polar surface area (TPSA) is 0 Å². The van der Waals surface area contributed by atoms with Crippen LogP contribution in [-0.2, 0) is 35.5 Å². The third kappa shape index (κ3) is 3.99. The number of allylic oxidation sites excluding steroid dienone is 6. The van der Waals surface area contributed by atoms with Gasteiger partial charge in [-0.2, -0.15) is 0 Å². The average Bonchev–Trinajstić information content (AvgIpc) is 3.63. The Hall–Kier alpha value is -2.05. The Labute approximate surface area is 266 Å². The standard InChI is InChI=1S/C23H21.C7H9.C6H5.C2H5.CH2.2ClH.Zr/c1-22(2)7-5-14-10-18-16(12-20(14)22)9-17-13-21-15(11-19(17)18)6-8-23(21,3)4;1-6-3-4-7(2)5-6;1-2-4-6-5-3-1;1-2;;;;/h5-7,10-13H,9H2,1-4H3;3,5,7H,1-2H3;1-5H;1H2,2H3;1H2;2*1H;. The van der Waals surface area contributed by atoms with Crippen LogP contribution in [0.25, 0.3) is 23.3 Å². The number of halogens is 2. The van der Waals surface area contributed by atoms with Gasteiger partial charge in [0.25, 0.3) is 0 Å². The maximum atomic E-state index is 5.52. The molecule has 0 spiro atoms. The number of fused-ring (bicyclic) bond motifs is 5. The van der Waals surface area contributed by atoms with Crippen molar-refractivity contribution in [2.24, 2.45) is 5.92 Å². The molecule has 0 aromatic heterocycles. The first-order valence-electron chi connectivity index (χ1n) is 15.1. The molecule has 0 heterocycles. The molecule has 0 radical (unpaired) electrons.